The summed E-state index contributed by atoms with van der Waals surface area (Å²) >= 11 is 11.6. The van der Waals surface area contributed by atoms with Gasteiger partial charge in [0.2, 0.25) is 0 Å². The Labute approximate surface area is 97.9 Å². The van der Waals surface area contributed by atoms with Crippen molar-refractivity contribution >= 4 is 23.2 Å². The maximum Gasteiger partial charge on any atom is 0.140 e. The Morgan fingerprint density at radius 3 is 2.87 bits per heavy atom. The lowest BCUT2D eigenvalue weighted by atomic mass is 10.1. The van der Waals surface area contributed by atoms with E-state index in [0.29, 0.717) is 18.2 Å². The highest BCUT2D eigenvalue weighted by atomic mass is 35.5. The molecule has 1 atom stereocenters. The van der Waals surface area contributed by atoms with Gasteiger partial charge in [0, 0.05) is 12.1 Å². The summed E-state index contributed by atoms with van der Waals surface area (Å²) in [7, 11) is 0. The van der Waals surface area contributed by atoms with Gasteiger partial charge < -0.3 is 15.2 Å². The number of rotatable bonds is 1. The zero-order valence-electron chi connectivity index (χ0n) is 7.96. The molecule has 2 N–H and O–H groups in total. The van der Waals surface area contributed by atoms with Crippen molar-refractivity contribution in [3.05, 3.63) is 27.7 Å². The average Bonchev–Trinajstić information content (AvgIpc) is 2.27. The average molecular weight is 248 g/mol. The number of halogens is 2. The molecule has 0 aromatic heterocycles. The van der Waals surface area contributed by atoms with Gasteiger partial charge in [0.15, 0.2) is 0 Å². The fraction of sp³-hybridized carbons (Fsp3) is 0.400. The largest absolute Gasteiger partial charge is 0.506 e. The highest BCUT2D eigenvalue weighted by molar-refractivity contribution is 6.43. The maximum absolute atomic E-state index is 9.82. The van der Waals surface area contributed by atoms with E-state index in [0.717, 1.165) is 12.1 Å². The van der Waals surface area contributed by atoms with E-state index in [2.05, 4.69) is 5.32 Å². The number of hydrogen-bond acceptors (Lipinski definition) is 3. The summed E-state index contributed by atoms with van der Waals surface area (Å²) in [4.78, 5) is 0. The van der Waals surface area contributed by atoms with Crippen LogP contribution < -0.4 is 5.32 Å². The van der Waals surface area contributed by atoms with Gasteiger partial charge in [-0.25, -0.2) is 0 Å². The Morgan fingerprint density at radius 1 is 1.40 bits per heavy atom. The molecule has 1 aromatic carbocycles. The summed E-state index contributed by atoms with van der Waals surface area (Å²) in [5.74, 6) is 0.0344. The lowest BCUT2D eigenvalue weighted by Gasteiger charge is -2.25. The van der Waals surface area contributed by atoms with Crippen LogP contribution in [0.2, 0.25) is 10.0 Å². The molecule has 0 radical (unpaired) electrons. The molecule has 0 spiro atoms. The van der Waals surface area contributed by atoms with Crippen molar-refractivity contribution in [1.29, 1.82) is 0 Å². The number of phenolic OH excluding ortho intramolecular Hbond substituents is 1. The van der Waals surface area contributed by atoms with Crippen molar-refractivity contribution in [3.63, 3.8) is 0 Å². The molecule has 0 unspecified atom stereocenters. The van der Waals surface area contributed by atoms with E-state index < -0.39 is 0 Å². The molecule has 1 aliphatic heterocycles. The molecule has 0 bridgehead atoms. The van der Waals surface area contributed by atoms with Gasteiger partial charge in [-0.05, 0) is 6.07 Å². The van der Waals surface area contributed by atoms with Gasteiger partial charge in [-0.2, -0.15) is 0 Å². The SMILES string of the molecule is Oc1c([C@@H]2COCCN2)ccc(Cl)c1Cl. The predicted molar refractivity (Wildman–Crippen MR) is 59.7 cm³/mol. The first kappa shape index (κ1) is 11.0. The molecule has 1 heterocycles. The quantitative estimate of drug-likeness (QED) is 0.801. The zero-order valence-corrected chi connectivity index (χ0v) is 9.48. The third kappa shape index (κ3) is 2.21. The minimum absolute atomic E-state index is 0.0199. The van der Waals surface area contributed by atoms with Gasteiger partial charge in [-0.1, -0.05) is 29.3 Å². The Hall–Kier alpha value is -0.480. The summed E-state index contributed by atoms with van der Waals surface area (Å²) < 4.78 is 5.31. The molecule has 2 rings (SSSR count). The second kappa shape index (κ2) is 4.58. The third-order valence-corrected chi connectivity index (χ3v) is 3.19. The Kier molecular flexibility index (Phi) is 3.36. The molecule has 0 aliphatic carbocycles. The maximum atomic E-state index is 9.82. The fourth-order valence-corrected chi connectivity index (χ4v) is 1.93. The molecule has 3 nitrogen and oxygen atoms in total. The first-order valence-electron chi connectivity index (χ1n) is 4.68. The van der Waals surface area contributed by atoms with E-state index in [1.807, 2.05) is 0 Å². The van der Waals surface area contributed by atoms with E-state index in [1.165, 1.54) is 0 Å². The zero-order chi connectivity index (χ0) is 10.8. The molecular formula is C10H11Cl2NO2. The lowest BCUT2D eigenvalue weighted by molar-refractivity contribution is 0.0761. The smallest absolute Gasteiger partial charge is 0.140 e. The van der Waals surface area contributed by atoms with E-state index in [4.69, 9.17) is 27.9 Å². The van der Waals surface area contributed by atoms with Crippen LogP contribution in [0.15, 0.2) is 12.1 Å². The van der Waals surface area contributed by atoms with E-state index >= 15 is 0 Å². The second-order valence-electron chi connectivity index (χ2n) is 3.38. The summed E-state index contributed by atoms with van der Waals surface area (Å²) in [6.07, 6.45) is 0. The second-order valence-corrected chi connectivity index (χ2v) is 4.17. The van der Waals surface area contributed by atoms with Crippen molar-refractivity contribution in [3.8, 4) is 5.75 Å². The number of phenols is 1. The topological polar surface area (TPSA) is 41.5 Å². The molecule has 1 fully saturated rings. The number of nitrogens with one attached hydrogen (secondary N) is 1. The van der Waals surface area contributed by atoms with Gasteiger partial charge in [-0.15, -0.1) is 0 Å². The van der Waals surface area contributed by atoms with Gasteiger partial charge in [0.25, 0.3) is 0 Å². The van der Waals surface area contributed by atoms with Crippen molar-refractivity contribution in [2.45, 2.75) is 6.04 Å². The van der Waals surface area contributed by atoms with Crippen LogP contribution in [0.25, 0.3) is 0 Å². The predicted octanol–water partition coefficient (Wildman–Crippen LogP) is 2.36. The number of hydrogen-bond donors (Lipinski definition) is 2. The van der Waals surface area contributed by atoms with Crippen molar-refractivity contribution in [2.75, 3.05) is 19.8 Å². The van der Waals surface area contributed by atoms with Crippen LogP contribution in [0.5, 0.6) is 5.75 Å². The third-order valence-electron chi connectivity index (χ3n) is 2.40. The van der Waals surface area contributed by atoms with Crippen LogP contribution in [-0.4, -0.2) is 24.9 Å². The van der Waals surface area contributed by atoms with Crippen LogP contribution in [0.3, 0.4) is 0 Å². The highest BCUT2D eigenvalue weighted by Crippen LogP contribution is 2.37. The molecule has 1 aliphatic rings. The van der Waals surface area contributed by atoms with E-state index in [1.54, 1.807) is 12.1 Å². The summed E-state index contributed by atoms with van der Waals surface area (Å²) in [5, 5.41) is 13.6. The van der Waals surface area contributed by atoms with E-state index in [-0.39, 0.29) is 16.8 Å². The summed E-state index contributed by atoms with van der Waals surface area (Å²) in [6.45, 7) is 1.99. The molecule has 1 saturated heterocycles. The standard InChI is InChI=1S/C10H11Cl2NO2/c11-7-2-1-6(10(14)9(7)12)8-5-15-4-3-13-8/h1-2,8,13-14H,3-5H2/t8-/m0/s1. The van der Waals surface area contributed by atoms with Crippen molar-refractivity contribution in [1.82, 2.24) is 5.32 Å². The summed E-state index contributed by atoms with van der Waals surface area (Å²) in [5.41, 5.74) is 0.726. The molecule has 0 saturated carbocycles. The number of aromatic hydroxyl groups is 1. The van der Waals surface area contributed by atoms with Gasteiger partial charge in [-0.3, -0.25) is 0 Å². The molecule has 1 aromatic rings. The molecular weight excluding hydrogens is 237 g/mol. The van der Waals surface area contributed by atoms with Crippen LogP contribution in [0.1, 0.15) is 11.6 Å². The van der Waals surface area contributed by atoms with Gasteiger partial charge in [0.1, 0.15) is 10.8 Å². The Balaban J connectivity index is 2.31. The fourth-order valence-electron chi connectivity index (χ4n) is 1.60. The number of benzene rings is 1. The van der Waals surface area contributed by atoms with Crippen LogP contribution >= 0.6 is 23.2 Å². The van der Waals surface area contributed by atoms with Crippen molar-refractivity contribution < 1.29 is 9.84 Å². The van der Waals surface area contributed by atoms with Crippen LogP contribution in [0, 0.1) is 0 Å². The molecule has 82 valence electrons. The summed E-state index contributed by atoms with van der Waals surface area (Å²) in [6, 6.07) is 3.42. The minimum atomic E-state index is -0.0199. The molecule has 15 heavy (non-hydrogen) atoms. The minimum Gasteiger partial charge on any atom is -0.506 e. The van der Waals surface area contributed by atoms with Gasteiger partial charge >= 0.3 is 0 Å². The first-order chi connectivity index (χ1) is 7.20. The number of ether oxygens (including phenoxy) is 1. The molecule has 0 amide bonds. The normalized spacial score (nSPS) is 21.6. The highest BCUT2D eigenvalue weighted by Gasteiger charge is 2.20. The first-order valence-corrected chi connectivity index (χ1v) is 5.43. The molecule has 5 heteroatoms. The van der Waals surface area contributed by atoms with Crippen LogP contribution in [0.4, 0.5) is 0 Å². The van der Waals surface area contributed by atoms with Crippen LogP contribution in [-0.2, 0) is 4.74 Å². The van der Waals surface area contributed by atoms with Gasteiger partial charge in [0.05, 0.1) is 24.3 Å². The lowest BCUT2D eigenvalue weighted by Crippen LogP contribution is -2.34. The Bertz CT molecular complexity index is 365. The van der Waals surface area contributed by atoms with E-state index in [9.17, 15) is 5.11 Å². The number of morpholine rings is 1. The van der Waals surface area contributed by atoms with Crippen molar-refractivity contribution in [2.24, 2.45) is 0 Å². The Morgan fingerprint density at radius 2 is 2.20 bits per heavy atom. The monoisotopic (exact) mass is 247 g/mol.